The molecule has 0 aromatic carbocycles. The molecule has 104 valence electrons. The monoisotopic (exact) mass is 295 g/mol. The van der Waals surface area contributed by atoms with Crippen LogP contribution in [0.1, 0.15) is 17.7 Å². The number of hydrogen-bond donors (Lipinski definition) is 1. The Bertz CT molecular complexity index is 764. The smallest absolute Gasteiger partial charge is 0.282 e. The van der Waals surface area contributed by atoms with Gasteiger partial charge in [0.15, 0.2) is 0 Å². The zero-order valence-corrected chi connectivity index (χ0v) is 11.6. The standard InChI is InChI=1S/C12H11F2N5S/c1-6-4-20-12-8(6)11(15-5-16-12)18-7-3-17-19(2)9(7)10(13)14/h3-5,10H,1-2H3,(H,15,16,18). The molecule has 8 heteroatoms. The van der Waals surface area contributed by atoms with E-state index in [9.17, 15) is 8.78 Å². The fourth-order valence-corrected chi connectivity index (χ4v) is 2.93. The van der Waals surface area contributed by atoms with Gasteiger partial charge < -0.3 is 5.32 Å². The van der Waals surface area contributed by atoms with Gasteiger partial charge in [-0.25, -0.2) is 18.7 Å². The fourth-order valence-electron chi connectivity index (χ4n) is 2.04. The second-order valence-electron chi connectivity index (χ2n) is 4.31. The van der Waals surface area contributed by atoms with Gasteiger partial charge in [0.05, 0.1) is 17.3 Å². The van der Waals surface area contributed by atoms with Gasteiger partial charge >= 0.3 is 0 Å². The van der Waals surface area contributed by atoms with Crippen molar-refractivity contribution in [1.82, 2.24) is 19.7 Å². The molecule has 20 heavy (non-hydrogen) atoms. The van der Waals surface area contributed by atoms with E-state index in [1.165, 1.54) is 30.9 Å². The Labute approximate surface area is 117 Å². The number of nitrogens with zero attached hydrogens (tertiary/aromatic N) is 4. The number of alkyl halides is 2. The predicted octanol–water partition coefficient (Wildman–Crippen LogP) is 3.41. The Morgan fingerprint density at radius 2 is 2.15 bits per heavy atom. The molecule has 0 aliphatic heterocycles. The molecule has 0 saturated heterocycles. The summed E-state index contributed by atoms with van der Waals surface area (Å²) in [6.45, 7) is 1.94. The van der Waals surface area contributed by atoms with E-state index in [1.54, 1.807) is 0 Å². The highest BCUT2D eigenvalue weighted by atomic mass is 32.1. The second-order valence-corrected chi connectivity index (χ2v) is 5.17. The van der Waals surface area contributed by atoms with Crippen LogP contribution in [-0.2, 0) is 7.05 Å². The third-order valence-electron chi connectivity index (χ3n) is 3.00. The number of aromatic nitrogens is 4. The molecular formula is C12H11F2N5S. The zero-order valence-electron chi connectivity index (χ0n) is 10.8. The van der Waals surface area contributed by atoms with Gasteiger partial charge in [-0.1, -0.05) is 0 Å². The molecule has 0 fully saturated rings. The third kappa shape index (κ3) is 2.01. The molecule has 0 spiro atoms. The van der Waals surface area contributed by atoms with E-state index in [1.807, 2.05) is 12.3 Å². The SMILES string of the molecule is Cc1csc2ncnc(Nc3cnn(C)c3C(F)F)c12. The van der Waals surface area contributed by atoms with Gasteiger partial charge in [0, 0.05) is 7.05 Å². The van der Waals surface area contributed by atoms with Crippen molar-refractivity contribution < 1.29 is 8.78 Å². The minimum atomic E-state index is -2.61. The molecule has 0 unspecified atom stereocenters. The van der Waals surface area contributed by atoms with Crippen molar-refractivity contribution in [3.05, 3.63) is 29.2 Å². The highest BCUT2D eigenvalue weighted by molar-refractivity contribution is 7.17. The van der Waals surface area contributed by atoms with Crippen LogP contribution < -0.4 is 5.32 Å². The summed E-state index contributed by atoms with van der Waals surface area (Å²) in [5.41, 5.74) is 1.10. The molecule has 0 saturated carbocycles. The van der Waals surface area contributed by atoms with Crippen molar-refractivity contribution in [3.8, 4) is 0 Å². The van der Waals surface area contributed by atoms with E-state index >= 15 is 0 Å². The summed E-state index contributed by atoms with van der Waals surface area (Å²) in [7, 11) is 1.48. The van der Waals surface area contributed by atoms with Crippen molar-refractivity contribution in [1.29, 1.82) is 0 Å². The van der Waals surface area contributed by atoms with Crippen molar-refractivity contribution in [2.24, 2.45) is 7.05 Å². The minimum absolute atomic E-state index is 0.162. The summed E-state index contributed by atoms with van der Waals surface area (Å²) < 4.78 is 27.2. The quantitative estimate of drug-likeness (QED) is 0.804. The van der Waals surface area contributed by atoms with Crippen LogP contribution in [0.25, 0.3) is 10.2 Å². The fraction of sp³-hybridized carbons (Fsp3) is 0.250. The number of anilines is 2. The van der Waals surface area contributed by atoms with E-state index in [0.29, 0.717) is 5.82 Å². The summed E-state index contributed by atoms with van der Waals surface area (Å²) in [4.78, 5) is 9.13. The first-order valence-electron chi connectivity index (χ1n) is 5.83. The van der Waals surface area contributed by atoms with Gasteiger partial charge in [0.1, 0.15) is 22.7 Å². The molecule has 0 amide bonds. The predicted molar refractivity (Wildman–Crippen MR) is 73.6 cm³/mol. The van der Waals surface area contributed by atoms with Gasteiger partial charge in [-0.2, -0.15) is 5.10 Å². The lowest BCUT2D eigenvalue weighted by atomic mass is 10.2. The number of halogens is 2. The molecule has 0 bridgehead atoms. The van der Waals surface area contributed by atoms with Crippen LogP contribution in [0.4, 0.5) is 20.3 Å². The topological polar surface area (TPSA) is 55.6 Å². The molecule has 3 aromatic heterocycles. The Hall–Kier alpha value is -2.09. The first-order chi connectivity index (χ1) is 9.58. The molecule has 3 rings (SSSR count). The van der Waals surface area contributed by atoms with Gasteiger partial charge in [-0.15, -0.1) is 11.3 Å². The number of nitrogens with one attached hydrogen (secondary N) is 1. The minimum Gasteiger partial charge on any atom is -0.337 e. The Balaban J connectivity index is 2.08. The second kappa shape index (κ2) is 4.78. The van der Waals surface area contributed by atoms with Crippen molar-refractivity contribution in [2.75, 3.05) is 5.32 Å². The average Bonchev–Trinajstić information content (AvgIpc) is 2.95. The molecule has 0 radical (unpaired) electrons. The van der Waals surface area contributed by atoms with Crippen molar-refractivity contribution in [3.63, 3.8) is 0 Å². The van der Waals surface area contributed by atoms with Crippen LogP contribution in [0.3, 0.4) is 0 Å². The number of fused-ring (bicyclic) bond motifs is 1. The Morgan fingerprint density at radius 3 is 2.90 bits per heavy atom. The Morgan fingerprint density at radius 1 is 1.35 bits per heavy atom. The van der Waals surface area contributed by atoms with Gasteiger partial charge in [0.25, 0.3) is 6.43 Å². The van der Waals surface area contributed by atoms with E-state index in [4.69, 9.17) is 0 Å². The first-order valence-corrected chi connectivity index (χ1v) is 6.71. The molecule has 3 aromatic rings. The molecule has 5 nitrogen and oxygen atoms in total. The average molecular weight is 295 g/mol. The molecule has 0 aliphatic rings. The number of rotatable bonds is 3. The van der Waals surface area contributed by atoms with Crippen LogP contribution >= 0.6 is 11.3 Å². The summed E-state index contributed by atoms with van der Waals surface area (Å²) >= 11 is 1.49. The lowest BCUT2D eigenvalue weighted by Gasteiger charge is -2.08. The van der Waals surface area contributed by atoms with Crippen LogP contribution in [-0.4, -0.2) is 19.7 Å². The van der Waals surface area contributed by atoms with Crippen LogP contribution in [0.5, 0.6) is 0 Å². The molecule has 0 aliphatic carbocycles. The normalized spacial score (nSPS) is 11.4. The van der Waals surface area contributed by atoms with E-state index in [0.717, 1.165) is 20.5 Å². The molecule has 1 N–H and O–H groups in total. The van der Waals surface area contributed by atoms with Crippen molar-refractivity contribution >= 4 is 33.1 Å². The van der Waals surface area contributed by atoms with E-state index in [2.05, 4.69) is 20.4 Å². The maximum absolute atomic E-state index is 13.0. The zero-order chi connectivity index (χ0) is 14.3. The lowest BCUT2D eigenvalue weighted by molar-refractivity contribution is 0.141. The number of aryl methyl sites for hydroxylation is 2. The summed E-state index contributed by atoms with van der Waals surface area (Å²) in [6.07, 6.45) is 0.182. The van der Waals surface area contributed by atoms with Crippen LogP contribution in [0.15, 0.2) is 17.9 Å². The lowest BCUT2D eigenvalue weighted by Crippen LogP contribution is -2.02. The van der Waals surface area contributed by atoms with Crippen LogP contribution in [0.2, 0.25) is 0 Å². The largest absolute Gasteiger partial charge is 0.337 e. The summed E-state index contributed by atoms with van der Waals surface area (Å²) in [5, 5.41) is 9.60. The van der Waals surface area contributed by atoms with E-state index in [-0.39, 0.29) is 11.4 Å². The first kappa shape index (κ1) is 12.9. The number of thiophene rings is 1. The van der Waals surface area contributed by atoms with Gasteiger partial charge in [-0.3, -0.25) is 4.68 Å². The number of hydrogen-bond acceptors (Lipinski definition) is 5. The van der Waals surface area contributed by atoms with Crippen LogP contribution in [0, 0.1) is 6.92 Å². The summed E-state index contributed by atoms with van der Waals surface area (Å²) in [5.74, 6) is 0.517. The Kier molecular flexibility index (Phi) is 3.09. The highest BCUT2D eigenvalue weighted by Crippen LogP contribution is 2.33. The van der Waals surface area contributed by atoms with Gasteiger partial charge in [0.2, 0.25) is 0 Å². The molecule has 3 heterocycles. The third-order valence-corrected chi connectivity index (χ3v) is 4.00. The van der Waals surface area contributed by atoms with E-state index < -0.39 is 6.43 Å². The molecular weight excluding hydrogens is 284 g/mol. The maximum Gasteiger partial charge on any atom is 0.282 e. The van der Waals surface area contributed by atoms with Crippen molar-refractivity contribution in [2.45, 2.75) is 13.3 Å². The molecule has 0 atom stereocenters. The highest BCUT2D eigenvalue weighted by Gasteiger charge is 2.19. The summed E-state index contributed by atoms with van der Waals surface area (Å²) in [6, 6.07) is 0. The van der Waals surface area contributed by atoms with Gasteiger partial charge in [-0.05, 0) is 17.9 Å². The maximum atomic E-state index is 13.0.